The maximum absolute atomic E-state index is 3.18. The summed E-state index contributed by atoms with van der Waals surface area (Å²) < 4.78 is 0. The quantitative estimate of drug-likeness (QED) is 0.880. The van der Waals surface area contributed by atoms with Crippen molar-refractivity contribution in [2.45, 2.75) is 25.3 Å². The van der Waals surface area contributed by atoms with Crippen LogP contribution in [0.4, 0.5) is 11.4 Å². The van der Waals surface area contributed by atoms with Crippen LogP contribution in [0.3, 0.4) is 0 Å². The number of fused-ring (bicyclic) bond motifs is 1. The van der Waals surface area contributed by atoms with Gasteiger partial charge in [0, 0.05) is 37.4 Å². The van der Waals surface area contributed by atoms with Crippen molar-refractivity contribution in [3.8, 4) is 0 Å². The van der Waals surface area contributed by atoms with Crippen molar-refractivity contribution >= 4 is 11.4 Å². The Morgan fingerprint density at radius 2 is 1.75 bits per heavy atom. The van der Waals surface area contributed by atoms with Crippen molar-refractivity contribution in [2.24, 2.45) is 0 Å². The van der Waals surface area contributed by atoms with Gasteiger partial charge in [0.05, 0.1) is 0 Å². The minimum Gasteiger partial charge on any atom is -0.388 e. The van der Waals surface area contributed by atoms with E-state index in [1.165, 1.54) is 28.9 Å². The lowest BCUT2D eigenvalue weighted by Crippen LogP contribution is -2.35. The molecule has 0 spiro atoms. The highest BCUT2D eigenvalue weighted by Crippen LogP contribution is 2.41. The summed E-state index contributed by atoms with van der Waals surface area (Å²) in [6.45, 7) is 2.31. The second kappa shape index (κ2) is 5.20. The van der Waals surface area contributed by atoms with Crippen molar-refractivity contribution in [1.29, 1.82) is 0 Å². The molecule has 0 unspecified atom stereocenters. The zero-order valence-electron chi connectivity index (χ0n) is 12.4. The van der Waals surface area contributed by atoms with Gasteiger partial charge < -0.3 is 10.2 Å². The first-order chi connectivity index (χ1) is 9.70. The van der Waals surface area contributed by atoms with Gasteiger partial charge in [-0.25, -0.2) is 0 Å². The fourth-order valence-corrected chi connectivity index (χ4v) is 3.16. The molecule has 2 heteroatoms. The van der Waals surface area contributed by atoms with Crippen molar-refractivity contribution < 1.29 is 0 Å². The van der Waals surface area contributed by atoms with E-state index in [1.54, 1.807) is 0 Å². The van der Waals surface area contributed by atoms with Gasteiger partial charge >= 0.3 is 0 Å². The number of nitrogens with one attached hydrogen (secondary N) is 1. The predicted molar refractivity (Wildman–Crippen MR) is 86.8 cm³/mol. The Kier molecular flexibility index (Phi) is 3.39. The normalized spacial score (nSPS) is 21.4. The molecule has 1 N–H and O–H groups in total. The van der Waals surface area contributed by atoms with Crippen LogP contribution in [0.1, 0.15) is 30.4 Å². The third-order valence-electron chi connectivity index (χ3n) is 4.53. The molecular weight excluding hydrogens is 244 g/mol. The van der Waals surface area contributed by atoms with Crippen molar-refractivity contribution in [1.82, 2.24) is 0 Å². The van der Waals surface area contributed by atoms with Gasteiger partial charge in [0.1, 0.15) is 0 Å². The van der Waals surface area contributed by atoms with Crippen LogP contribution in [0.5, 0.6) is 0 Å². The van der Waals surface area contributed by atoms with E-state index >= 15 is 0 Å². The highest BCUT2D eigenvalue weighted by atomic mass is 15.1. The highest BCUT2D eigenvalue weighted by molar-refractivity contribution is 5.60. The molecule has 0 radical (unpaired) electrons. The molecule has 1 aliphatic rings. The summed E-state index contributed by atoms with van der Waals surface area (Å²) in [5.74, 6) is 0.503. The van der Waals surface area contributed by atoms with Crippen LogP contribution in [0.2, 0.25) is 0 Å². The maximum Gasteiger partial charge on any atom is 0.0404 e. The highest BCUT2D eigenvalue weighted by Gasteiger charge is 2.28. The van der Waals surface area contributed by atoms with E-state index in [-0.39, 0.29) is 0 Å². The van der Waals surface area contributed by atoms with Crippen LogP contribution in [0.15, 0.2) is 48.5 Å². The third kappa shape index (κ3) is 2.15. The summed E-state index contributed by atoms with van der Waals surface area (Å²) >= 11 is 0. The van der Waals surface area contributed by atoms with Gasteiger partial charge in [-0.1, -0.05) is 30.3 Å². The fourth-order valence-electron chi connectivity index (χ4n) is 3.16. The maximum atomic E-state index is 3.18. The zero-order chi connectivity index (χ0) is 14.1. The molecule has 1 aliphatic heterocycles. The third-order valence-corrected chi connectivity index (χ3v) is 4.53. The molecule has 104 valence electrons. The van der Waals surface area contributed by atoms with E-state index in [0.717, 1.165) is 0 Å². The van der Waals surface area contributed by atoms with Crippen LogP contribution in [0, 0.1) is 0 Å². The predicted octanol–water partition coefficient (Wildman–Crippen LogP) is 4.09. The molecule has 20 heavy (non-hydrogen) atoms. The van der Waals surface area contributed by atoms with Crippen molar-refractivity contribution in [2.75, 3.05) is 24.3 Å². The summed E-state index contributed by atoms with van der Waals surface area (Å²) in [5, 5.41) is 3.18. The number of hydrogen-bond donors (Lipinski definition) is 1. The molecule has 2 atom stereocenters. The van der Waals surface area contributed by atoms with Crippen molar-refractivity contribution in [3.05, 3.63) is 59.7 Å². The summed E-state index contributed by atoms with van der Waals surface area (Å²) in [5.41, 5.74) is 5.40. The number of para-hydroxylation sites is 1. The van der Waals surface area contributed by atoms with E-state index in [2.05, 4.69) is 72.7 Å². The summed E-state index contributed by atoms with van der Waals surface area (Å²) in [6.07, 6.45) is 1.17. The minimum absolute atomic E-state index is 0.503. The molecule has 0 saturated heterocycles. The molecular formula is C18H22N2. The van der Waals surface area contributed by atoms with Crippen LogP contribution >= 0.6 is 0 Å². The van der Waals surface area contributed by atoms with Crippen LogP contribution in [0.25, 0.3) is 0 Å². The average molecular weight is 266 g/mol. The summed E-state index contributed by atoms with van der Waals surface area (Å²) in [4.78, 5) is 2.40. The van der Waals surface area contributed by atoms with Gasteiger partial charge in [-0.15, -0.1) is 0 Å². The Hall–Kier alpha value is -1.96. The number of hydrogen-bond acceptors (Lipinski definition) is 2. The van der Waals surface area contributed by atoms with Gasteiger partial charge in [-0.2, -0.15) is 0 Å². The Morgan fingerprint density at radius 3 is 2.45 bits per heavy atom. The lowest BCUT2D eigenvalue weighted by molar-refractivity contribution is 0.551. The summed E-state index contributed by atoms with van der Waals surface area (Å²) in [6, 6.07) is 18.2. The van der Waals surface area contributed by atoms with E-state index in [9.17, 15) is 0 Å². The second-order valence-electron chi connectivity index (χ2n) is 5.68. The Morgan fingerprint density at radius 1 is 1.05 bits per heavy atom. The van der Waals surface area contributed by atoms with E-state index in [1.807, 2.05) is 7.05 Å². The smallest absolute Gasteiger partial charge is 0.0404 e. The lowest BCUT2D eigenvalue weighted by Gasteiger charge is -2.38. The summed E-state index contributed by atoms with van der Waals surface area (Å²) in [7, 11) is 4.16. The van der Waals surface area contributed by atoms with E-state index in [4.69, 9.17) is 0 Å². The van der Waals surface area contributed by atoms with Gasteiger partial charge in [0.15, 0.2) is 0 Å². The minimum atomic E-state index is 0.503. The Balaban J connectivity index is 2.02. The molecule has 0 saturated carbocycles. The standard InChI is InChI=1S/C18H22N2/c1-13-12-17(14-8-10-15(19-2)11-9-14)16-6-4-5-7-18(16)20(13)3/h4-11,13,17,19H,12H2,1-3H3/t13-,17+/m0/s1. The molecule has 0 aromatic heterocycles. The topological polar surface area (TPSA) is 15.3 Å². The van der Waals surface area contributed by atoms with Gasteiger partial charge in [0.2, 0.25) is 0 Å². The number of nitrogens with zero attached hydrogens (tertiary/aromatic N) is 1. The molecule has 3 rings (SSSR count). The largest absolute Gasteiger partial charge is 0.388 e. The van der Waals surface area contributed by atoms with Crippen LogP contribution < -0.4 is 10.2 Å². The van der Waals surface area contributed by atoms with Crippen LogP contribution in [-0.2, 0) is 0 Å². The molecule has 2 aromatic carbocycles. The van der Waals surface area contributed by atoms with Gasteiger partial charge in [-0.05, 0) is 42.7 Å². The molecule has 0 fully saturated rings. The van der Waals surface area contributed by atoms with Crippen molar-refractivity contribution in [3.63, 3.8) is 0 Å². The number of anilines is 2. The molecule has 2 aromatic rings. The SMILES string of the molecule is CNc1ccc([C@H]2C[C@H](C)N(C)c3ccccc32)cc1. The van der Waals surface area contributed by atoms with Gasteiger partial charge in [0.25, 0.3) is 0 Å². The molecule has 0 amide bonds. The second-order valence-corrected chi connectivity index (χ2v) is 5.68. The number of rotatable bonds is 2. The molecule has 2 nitrogen and oxygen atoms in total. The van der Waals surface area contributed by atoms with Crippen LogP contribution in [-0.4, -0.2) is 20.1 Å². The fraction of sp³-hybridized carbons (Fsp3) is 0.333. The van der Waals surface area contributed by atoms with E-state index < -0.39 is 0 Å². The molecule has 0 aliphatic carbocycles. The van der Waals surface area contributed by atoms with E-state index in [0.29, 0.717) is 12.0 Å². The first-order valence-corrected chi connectivity index (χ1v) is 7.30. The lowest BCUT2D eigenvalue weighted by atomic mass is 9.81. The molecule has 1 heterocycles. The number of benzene rings is 2. The first-order valence-electron chi connectivity index (χ1n) is 7.30. The first kappa shape index (κ1) is 13.0. The Bertz CT molecular complexity index is 589. The Labute approximate surface area is 121 Å². The van der Waals surface area contributed by atoms with Gasteiger partial charge in [-0.3, -0.25) is 0 Å². The zero-order valence-corrected chi connectivity index (χ0v) is 12.4. The average Bonchev–Trinajstić information content (AvgIpc) is 2.51. The monoisotopic (exact) mass is 266 g/mol. The molecule has 0 bridgehead atoms.